The van der Waals surface area contributed by atoms with E-state index in [0.717, 1.165) is 24.3 Å². The number of hydrogen-bond donors (Lipinski definition) is 0. The lowest BCUT2D eigenvalue weighted by Crippen LogP contribution is -2.36. The first-order valence-corrected chi connectivity index (χ1v) is 9.46. The maximum Gasteiger partial charge on any atom is 0.229 e. The largest absolute Gasteiger partial charge is 0.486 e. The summed E-state index contributed by atoms with van der Waals surface area (Å²) in [6.45, 7) is 2.48. The molecule has 28 heavy (non-hydrogen) atoms. The van der Waals surface area contributed by atoms with Gasteiger partial charge in [-0.25, -0.2) is 0 Å². The number of fused-ring (bicyclic) bond motifs is 2. The molecular weight excluding hydrogens is 356 g/mol. The number of rotatable bonds is 3. The van der Waals surface area contributed by atoms with Crippen LogP contribution < -0.4 is 9.47 Å². The number of ether oxygens (including phenoxy) is 2. The highest BCUT2D eigenvalue weighted by atomic mass is 16.6. The van der Waals surface area contributed by atoms with Gasteiger partial charge in [0.15, 0.2) is 17.3 Å². The van der Waals surface area contributed by atoms with Gasteiger partial charge in [0.2, 0.25) is 5.91 Å². The molecule has 6 nitrogen and oxygen atoms in total. The second-order valence-corrected chi connectivity index (χ2v) is 7.05. The van der Waals surface area contributed by atoms with Gasteiger partial charge in [-0.05, 0) is 35.7 Å². The third-order valence-corrected chi connectivity index (χ3v) is 5.20. The van der Waals surface area contributed by atoms with Crippen molar-refractivity contribution in [3.63, 3.8) is 0 Å². The molecule has 142 valence electrons. The van der Waals surface area contributed by atoms with Crippen molar-refractivity contribution < 1.29 is 18.8 Å². The summed E-state index contributed by atoms with van der Waals surface area (Å²) in [5.74, 6) is 2.11. The van der Waals surface area contributed by atoms with Gasteiger partial charge in [-0.1, -0.05) is 29.4 Å². The first kappa shape index (κ1) is 16.9. The van der Waals surface area contributed by atoms with Gasteiger partial charge >= 0.3 is 0 Å². The Balaban J connectivity index is 1.29. The first-order valence-electron chi connectivity index (χ1n) is 9.46. The minimum absolute atomic E-state index is 0.0662. The summed E-state index contributed by atoms with van der Waals surface area (Å²) < 4.78 is 16.6. The Hall–Kier alpha value is -3.28. The number of aromatic nitrogens is 1. The SMILES string of the molecule is O=C(Cc1cc(-c2ccc3c(c2)OCCO3)on1)N1CCc2ccccc2C1. The Morgan fingerprint density at radius 1 is 1.00 bits per heavy atom. The number of hydrogen-bond acceptors (Lipinski definition) is 5. The van der Waals surface area contributed by atoms with Crippen LogP contribution in [0.3, 0.4) is 0 Å². The second kappa shape index (κ2) is 7.03. The normalized spacial score (nSPS) is 15.2. The molecule has 0 aliphatic carbocycles. The number of benzene rings is 2. The topological polar surface area (TPSA) is 64.8 Å². The number of amides is 1. The van der Waals surface area contributed by atoms with Crippen molar-refractivity contribution in [2.24, 2.45) is 0 Å². The molecule has 2 aliphatic rings. The van der Waals surface area contributed by atoms with Crippen molar-refractivity contribution >= 4 is 5.91 Å². The van der Waals surface area contributed by atoms with Crippen LogP contribution in [-0.2, 0) is 24.2 Å². The Bertz CT molecular complexity index is 1030. The lowest BCUT2D eigenvalue weighted by molar-refractivity contribution is -0.131. The van der Waals surface area contributed by atoms with E-state index in [9.17, 15) is 4.79 Å². The van der Waals surface area contributed by atoms with Crippen LogP contribution in [0.25, 0.3) is 11.3 Å². The third-order valence-electron chi connectivity index (χ3n) is 5.20. The second-order valence-electron chi connectivity index (χ2n) is 7.05. The summed E-state index contributed by atoms with van der Waals surface area (Å²) in [5, 5.41) is 4.09. The Morgan fingerprint density at radius 3 is 2.71 bits per heavy atom. The molecule has 1 amide bonds. The van der Waals surface area contributed by atoms with Gasteiger partial charge in [-0.15, -0.1) is 0 Å². The quantitative estimate of drug-likeness (QED) is 0.702. The Labute approximate surface area is 162 Å². The molecule has 2 aliphatic heterocycles. The highest BCUT2D eigenvalue weighted by Gasteiger charge is 2.22. The van der Waals surface area contributed by atoms with Crippen molar-refractivity contribution in [3.8, 4) is 22.8 Å². The molecule has 5 rings (SSSR count). The number of carbonyl (C=O) groups excluding carboxylic acids is 1. The fourth-order valence-electron chi connectivity index (χ4n) is 3.70. The monoisotopic (exact) mass is 376 g/mol. The van der Waals surface area contributed by atoms with Crippen LogP contribution >= 0.6 is 0 Å². The van der Waals surface area contributed by atoms with Gasteiger partial charge in [-0.2, -0.15) is 0 Å². The standard InChI is InChI=1S/C22H20N2O4/c25-22(24-8-7-15-3-1-2-4-17(15)14-24)13-18-12-20(28-23-18)16-5-6-19-21(11-16)27-10-9-26-19/h1-6,11-12H,7-10,13-14H2. The summed E-state index contributed by atoms with van der Waals surface area (Å²) in [6, 6.07) is 15.8. The van der Waals surface area contributed by atoms with Crippen LogP contribution in [-0.4, -0.2) is 35.7 Å². The van der Waals surface area contributed by atoms with E-state index in [1.165, 1.54) is 11.1 Å². The number of carbonyl (C=O) groups is 1. The lowest BCUT2D eigenvalue weighted by Gasteiger charge is -2.28. The zero-order valence-corrected chi connectivity index (χ0v) is 15.4. The Morgan fingerprint density at radius 2 is 1.82 bits per heavy atom. The van der Waals surface area contributed by atoms with E-state index in [4.69, 9.17) is 14.0 Å². The molecule has 0 radical (unpaired) electrons. The van der Waals surface area contributed by atoms with Gasteiger partial charge < -0.3 is 18.9 Å². The third kappa shape index (κ3) is 3.22. The van der Waals surface area contributed by atoms with E-state index >= 15 is 0 Å². The van der Waals surface area contributed by atoms with Gasteiger partial charge in [0, 0.05) is 24.7 Å². The average Bonchev–Trinajstić information content (AvgIpc) is 3.21. The molecule has 0 atom stereocenters. The maximum absolute atomic E-state index is 12.7. The van der Waals surface area contributed by atoms with E-state index in [1.54, 1.807) is 0 Å². The molecule has 0 saturated heterocycles. The van der Waals surface area contributed by atoms with Crippen LogP contribution in [0, 0.1) is 0 Å². The molecular formula is C22H20N2O4. The van der Waals surface area contributed by atoms with Crippen LogP contribution in [0.15, 0.2) is 53.1 Å². The van der Waals surface area contributed by atoms with E-state index in [-0.39, 0.29) is 12.3 Å². The van der Waals surface area contributed by atoms with E-state index < -0.39 is 0 Å². The summed E-state index contributed by atoms with van der Waals surface area (Å²) >= 11 is 0. The summed E-state index contributed by atoms with van der Waals surface area (Å²) in [7, 11) is 0. The summed E-state index contributed by atoms with van der Waals surface area (Å²) in [6.07, 6.45) is 1.12. The van der Waals surface area contributed by atoms with E-state index in [1.807, 2.05) is 41.3 Å². The summed E-state index contributed by atoms with van der Waals surface area (Å²) in [5.41, 5.74) is 4.03. The maximum atomic E-state index is 12.7. The molecule has 0 fully saturated rings. The molecule has 0 saturated carbocycles. The Kier molecular flexibility index (Phi) is 4.24. The molecule has 6 heteroatoms. The molecule has 2 aromatic carbocycles. The van der Waals surface area contributed by atoms with Gasteiger partial charge in [0.05, 0.1) is 12.1 Å². The molecule has 0 N–H and O–H groups in total. The van der Waals surface area contributed by atoms with Crippen LogP contribution in [0.1, 0.15) is 16.8 Å². The summed E-state index contributed by atoms with van der Waals surface area (Å²) in [4.78, 5) is 14.6. The zero-order valence-electron chi connectivity index (χ0n) is 15.4. The molecule has 3 heterocycles. The smallest absolute Gasteiger partial charge is 0.229 e. The van der Waals surface area contributed by atoms with Crippen LogP contribution in [0.5, 0.6) is 11.5 Å². The van der Waals surface area contributed by atoms with Gasteiger partial charge in [0.1, 0.15) is 13.2 Å². The fourth-order valence-corrected chi connectivity index (χ4v) is 3.70. The van der Waals surface area contributed by atoms with Crippen molar-refractivity contribution in [2.45, 2.75) is 19.4 Å². The van der Waals surface area contributed by atoms with Gasteiger partial charge in [0.25, 0.3) is 0 Å². The van der Waals surface area contributed by atoms with E-state index in [2.05, 4.69) is 17.3 Å². The molecule has 0 unspecified atom stereocenters. The van der Waals surface area contributed by atoms with Crippen molar-refractivity contribution in [1.29, 1.82) is 0 Å². The molecule has 1 aromatic heterocycles. The predicted molar refractivity (Wildman–Crippen MR) is 102 cm³/mol. The van der Waals surface area contributed by atoms with E-state index in [0.29, 0.717) is 37.0 Å². The van der Waals surface area contributed by atoms with Crippen LogP contribution in [0.4, 0.5) is 0 Å². The lowest BCUT2D eigenvalue weighted by atomic mass is 9.99. The molecule has 0 bridgehead atoms. The fraction of sp³-hybridized carbons (Fsp3) is 0.273. The van der Waals surface area contributed by atoms with Crippen molar-refractivity contribution in [1.82, 2.24) is 10.1 Å². The van der Waals surface area contributed by atoms with Crippen molar-refractivity contribution in [3.05, 3.63) is 65.4 Å². The zero-order chi connectivity index (χ0) is 18.9. The predicted octanol–water partition coefficient (Wildman–Crippen LogP) is 3.24. The minimum atomic E-state index is 0.0662. The molecule has 3 aromatic rings. The highest BCUT2D eigenvalue weighted by molar-refractivity contribution is 5.79. The highest BCUT2D eigenvalue weighted by Crippen LogP contribution is 2.34. The molecule has 0 spiro atoms. The minimum Gasteiger partial charge on any atom is -0.486 e. The number of nitrogens with zero attached hydrogens (tertiary/aromatic N) is 2. The average molecular weight is 376 g/mol. The van der Waals surface area contributed by atoms with Gasteiger partial charge in [-0.3, -0.25) is 4.79 Å². The van der Waals surface area contributed by atoms with Crippen molar-refractivity contribution in [2.75, 3.05) is 19.8 Å². The first-order chi connectivity index (χ1) is 13.8. The van der Waals surface area contributed by atoms with Crippen LogP contribution in [0.2, 0.25) is 0 Å².